The van der Waals surface area contributed by atoms with Crippen molar-refractivity contribution in [3.63, 3.8) is 0 Å². The van der Waals surface area contributed by atoms with Gasteiger partial charge < -0.3 is 9.88 Å². The Balaban J connectivity index is 1.62. The molecule has 1 saturated carbocycles. The number of pyridine rings is 1. The highest BCUT2D eigenvalue weighted by molar-refractivity contribution is 5.84. The van der Waals surface area contributed by atoms with Gasteiger partial charge in [-0.1, -0.05) is 31.4 Å². The van der Waals surface area contributed by atoms with Crippen LogP contribution in [0.25, 0.3) is 28.1 Å². The lowest BCUT2D eigenvalue weighted by molar-refractivity contribution is 0.437. The van der Waals surface area contributed by atoms with Crippen LogP contribution in [0.2, 0.25) is 0 Å². The van der Waals surface area contributed by atoms with E-state index in [1.807, 2.05) is 55.7 Å². The summed E-state index contributed by atoms with van der Waals surface area (Å²) in [5.74, 6) is -0.256. The molecule has 0 bridgehead atoms. The van der Waals surface area contributed by atoms with Crippen LogP contribution >= 0.6 is 0 Å². The summed E-state index contributed by atoms with van der Waals surface area (Å²) in [5.41, 5.74) is 7.40. The first-order valence-electron chi connectivity index (χ1n) is 12.6. The Kier molecular flexibility index (Phi) is 5.93. The molecule has 36 heavy (non-hydrogen) atoms. The molecule has 2 aliphatic carbocycles. The monoisotopic (exact) mass is 477 g/mol. The van der Waals surface area contributed by atoms with Gasteiger partial charge in [0, 0.05) is 11.9 Å². The number of aryl methyl sites for hydroxylation is 1. The number of hydrogen-bond donors (Lipinski definition) is 1. The lowest BCUT2D eigenvalue weighted by Gasteiger charge is -2.21. The van der Waals surface area contributed by atoms with Gasteiger partial charge in [0.25, 0.3) is 0 Å². The average molecular weight is 478 g/mol. The Bertz CT molecular complexity index is 1570. The summed E-state index contributed by atoms with van der Waals surface area (Å²) in [4.78, 5) is 14.6. The first-order chi connectivity index (χ1) is 17.6. The second kappa shape index (κ2) is 9.53. The van der Waals surface area contributed by atoms with E-state index in [1.165, 1.54) is 31.4 Å². The SMILES string of the molecule is Cc1cncc(Nc2cc3nc4ccccc4n(-c4ccc(F)cc4)c-3cc2=NC2CCCCC2)c1. The largest absolute Gasteiger partial charge is 0.352 e. The maximum absolute atomic E-state index is 13.8. The molecule has 0 radical (unpaired) electrons. The Morgan fingerprint density at radius 1 is 0.944 bits per heavy atom. The topological polar surface area (TPSA) is 55.1 Å². The Morgan fingerprint density at radius 2 is 1.75 bits per heavy atom. The first-order valence-corrected chi connectivity index (χ1v) is 12.6. The zero-order valence-corrected chi connectivity index (χ0v) is 20.3. The molecule has 180 valence electrons. The molecule has 2 aromatic carbocycles. The molecule has 0 unspecified atom stereocenters. The molecule has 1 aromatic heterocycles. The fourth-order valence-corrected chi connectivity index (χ4v) is 5.10. The minimum Gasteiger partial charge on any atom is -0.352 e. The van der Waals surface area contributed by atoms with Gasteiger partial charge in [-0.2, -0.15) is 0 Å². The minimum atomic E-state index is -0.256. The van der Waals surface area contributed by atoms with Crippen LogP contribution in [0.4, 0.5) is 15.8 Å². The summed E-state index contributed by atoms with van der Waals surface area (Å²) in [6.45, 7) is 2.03. The molecule has 2 heterocycles. The summed E-state index contributed by atoms with van der Waals surface area (Å²) >= 11 is 0. The van der Waals surface area contributed by atoms with Crippen molar-refractivity contribution in [3.05, 3.63) is 95.9 Å². The van der Waals surface area contributed by atoms with Gasteiger partial charge in [-0.05, 0) is 79.9 Å². The summed E-state index contributed by atoms with van der Waals surface area (Å²) in [5, 5.41) is 4.46. The van der Waals surface area contributed by atoms with Gasteiger partial charge in [-0.15, -0.1) is 0 Å². The number of rotatable bonds is 4. The molecule has 1 aliphatic heterocycles. The predicted molar refractivity (Wildman–Crippen MR) is 142 cm³/mol. The van der Waals surface area contributed by atoms with Crippen LogP contribution in [-0.4, -0.2) is 20.6 Å². The maximum atomic E-state index is 13.8. The number of para-hydroxylation sites is 2. The number of hydrogen-bond acceptors (Lipinski definition) is 4. The van der Waals surface area contributed by atoms with Gasteiger partial charge in [-0.25, -0.2) is 9.37 Å². The van der Waals surface area contributed by atoms with Crippen molar-refractivity contribution < 1.29 is 4.39 Å². The third kappa shape index (κ3) is 4.47. The third-order valence-corrected chi connectivity index (χ3v) is 6.83. The third-order valence-electron chi connectivity index (χ3n) is 6.83. The summed E-state index contributed by atoms with van der Waals surface area (Å²) in [7, 11) is 0. The summed E-state index contributed by atoms with van der Waals surface area (Å²) in [6.07, 6.45) is 9.60. The van der Waals surface area contributed by atoms with Gasteiger partial charge in [-0.3, -0.25) is 9.98 Å². The van der Waals surface area contributed by atoms with Crippen LogP contribution in [0.3, 0.4) is 0 Å². The second-order valence-corrected chi connectivity index (χ2v) is 9.57. The molecule has 1 fully saturated rings. The number of anilines is 2. The highest BCUT2D eigenvalue weighted by Gasteiger charge is 2.18. The van der Waals surface area contributed by atoms with E-state index in [0.717, 1.165) is 63.2 Å². The Hall–Kier alpha value is -4.06. The van der Waals surface area contributed by atoms with Gasteiger partial charge >= 0.3 is 0 Å². The van der Waals surface area contributed by atoms with Crippen molar-refractivity contribution in [1.82, 2.24) is 14.5 Å². The molecule has 0 amide bonds. The van der Waals surface area contributed by atoms with Gasteiger partial charge in [0.05, 0.1) is 51.4 Å². The standard InChI is InChI=1S/C30H28FN5/c1-20-15-23(19-32-18-20)34-26-16-28-30(17-27(26)33-22-7-3-2-4-8-22)36(24-13-11-21(31)12-14-24)29-10-6-5-9-25(29)35-28/h5-6,9-19,22,34H,2-4,7-8H2,1H3. The molecule has 0 saturated heterocycles. The number of fused-ring (bicyclic) bond motifs is 2. The van der Waals surface area contributed by atoms with E-state index in [1.54, 1.807) is 0 Å². The van der Waals surface area contributed by atoms with Crippen LogP contribution in [0.5, 0.6) is 0 Å². The van der Waals surface area contributed by atoms with Gasteiger partial charge in [0.15, 0.2) is 0 Å². The van der Waals surface area contributed by atoms with E-state index in [4.69, 9.17) is 9.98 Å². The molecule has 3 aromatic rings. The van der Waals surface area contributed by atoms with E-state index in [9.17, 15) is 4.39 Å². The molecule has 0 spiro atoms. The molecule has 3 aliphatic rings. The molecular formula is C30H28FN5. The molecule has 6 heteroatoms. The fourth-order valence-electron chi connectivity index (χ4n) is 5.10. The van der Waals surface area contributed by atoms with Gasteiger partial charge in [0.2, 0.25) is 0 Å². The highest BCUT2D eigenvalue weighted by atomic mass is 19.1. The van der Waals surface area contributed by atoms with E-state index in [0.29, 0.717) is 6.04 Å². The predicted octanol–water partition coefficient (Wildman–Crippen LogP) is 6.95. The highest BCUT2D eigenvalue weighted by Crippen LogP contribution is 2.31. The van der Waals surface area contributed by atoms with Crippen molar-refractivity contribution in [1.29, 1.82) is 0 Å². The van der Waals surface area contributed by atoms with Crippen molar-refractivity contribution in [2.75, 3.05) is 5.32 Å². The van der Waals surface area contributed by atoms with Crippen LogP contribution in [0.1, 0.15) is 37.7 Å². The Morgan fingerprint density at radius 3 is 2.56 bits per heavy atom. The lowest BCUT2D eigenvalue weighted by Crippen LogP contribution is -2.19. The van der Waals surface area contributed by atoms with Crippen molar-refractivity contribution in [2.24, 2.45) is 4.99 Å². The van der Waals surface area contributed by atoms with E-state index >= 15 is 0 Å². The van der Waals surface area contributed by atoms with E-state index in [2.05, 4.69) is 33.1 Å². The maximum Gasteiger partial charge on any atom is 0.123 e. The number of nitrogens with zero attached hydrogens (tertiary/aromatic N) is 4. The Labute approximate surface area is 209 Å². The van der Waals surface area contributed by atoms with Crippen LogP contribution < -0.4 is 10.7 Å². The zero-order chi connectivity index (χ0) is 24.5. The van der Waals surface area contributed by atoms with Crippen molar-refractivity contribution >= 4 is 22.4 Å². The van der Waals surface area contributed by atoms with Crippen molar-refractivity contribution in [3.8, 4) is 17.1 Å². The first kappa shape index (κ1) is 22.4. The number of aromatic nitrogens is 3. The summed E-state index contributed by atoms with van der Waals surface area (Å²) < 4.78 is 15.9. The van der Waals surface area contributed by atoms with Gasteiger partial charge in [0.1, 0.15) is 5.82 Å². The number of halogens is 1. The zero-order valence-electron chi connectivity index (χ0n) is 20.3. The quantitative estimate of drug-likeness (QED) is 0.285. The second-order valence-electron chi connectivity index (χ2n) is 9.57. The minimum absolute atomic E-state index is 0.256. The molecule has 6 rings (SSSR count). The number of benzene rings is 3. The smallest absolute Gasteiger partial charge is 0.123 e. The van der Waals surface area contributed by atoms with Crippen LogP contribution in [-0.2, 0) is 0 Å². The van der Waals surface area contributed by atoms with E-state index < -0.39 is 0 Å². The normalized spacial score (nSPS) is 15.0. The van der Waals surface area contributed by atoms with Crippen molar-refractivity contribution in [2.45, 2.75) is 45.1 Å². The fraction of sp³-hybridized carbons (Fsp3) is 0.233. The van der Waals surface area contributed by atoms with Crippen LogP contribution in [0.15, 0.2) is 84.1 Å². The molecule has 0 atom stereocenters. The van der Waals surface area contributed by atoms with E-state index in [-0.39, 0.29) is 5.82 Å². The number of nitrogens with one attached hydrogen (secondary N) is 1. The summed E-state index contributed by atoms with van der Waals surface area (Å²) in [6, 6.07) is 21.2. The lowest BCUT2D eigenvalue weighted by atomic mass is 9.96. The average Bonchev–Trinajstić information content (AvgIpc) is 2.89. The molecular weight excluding hydrogens is 449 g/mol. The van der Waals surface area contributed by atoms with Crippen LogP contribution in [0, 0.1) is 12.7 Å². The molecule has 5 nitrogen and oxygen atoms in total. The molecule has 1 N–H and O–H groups in total.